The van der Waals surface area contributed by atoms with Crippen LogP contribution >= 0.6 is 23.5 Å². The SMILES string of the molecule is COc1ccc(OC)c(C(NN)C2SCCSC2C)c1. The van der Waals surface area contributed by atoms with Crippen molar-refractivity contribution in [2.24, 2.45) is 5.84 Å². The molecule has 0 aliphatic carbocycles. The Morgan fingerprint density at radius 1 is 1.25 bits per heavy atom. The van der Waals surface area contributed by atoms with E-state index in [-0.39, 0.29) is 6.04 Å². The molecule has 3 unspecified atom stereocenters. The van der Waals surface area contributed by atoms with E-state index in [0.29, 0.717) is 10.5 Å². The summed E-state index contributed by atoms with van der Waals surface area (Å²) >= 11 is 3.97. The molecule has 0 aromatic heterocycles. The van der Waals surface area contributed by atoms with E-state index < -0.39 is 0 Å². The number of benzene rings is 1. The van der Waals surface area contributed by atoms with Crippen LogP contribution in [-0.4, -0.2) is 36.2 Å². The molecule has 112 valence electrons. The number of methoxy groups -OCH3 is 2. The van der Waals surface area contributed by atoms with Gasteiger partial charge in [0.1, 0.15) is 11.5 Å². The summed E-state index contributed by atoms with van der Waals surface area (Å²) in [7, 11) is 3.36. The number of thioether (sulfide) groups is 2. The van der Waals surface area contributed by atoms with E-state index in [4.69, 9.17) is 15.3 Å². The van der Waals surface area contributed by atoms with Crippen LogP contribution in [0, 0.1) is 0 Å². The van der Waals surface area contributed by atoms with Crippen LogP contribution in [0.4, 0.5) is 0 Å². The highest BCUT2D eigenvalue weighted by molar-refractivity contribution is 8.07. The monoisotopic (exact) mass is 314 g/mol. The van der Waals surface area contributed by atoms with Gasteiger partial charge in [-0.3, -0.25) is 11.3 Å². The second-order valence-corrected chi connectivity index (χ2v) is 7.43. The molecule has 1 aromatic rings. The van der Waals surface area contributed by atoms with Crippen molar-refractivity contribution in [1.29, 1.82) is 0 Å². The Morgan fingerprint density at radius 2 is 2.00 bits per heavy atom. The number of hydrogen-bond donors (Lipinski definition) is 2. The van der Waals surface area contributed by atoms with Gasteiger partial charge in [-0.15, -0.1) is 0 Å². The minimum absolute atomic E-state index is 0.0489. The molecule has 4 nitrogen and oxygen atoms in total. The predicted molar refractivity (Wildman–Crippen MR) is 87.8 cm³/mol. The van der Waals surface area contributed by atoms with Crippen molar-refractivity contribution in [1.82, 2.24) is 5.43 Å². The van der Waals surface area contributed by atoms with E-state index in [1.54, 1.807) is 14.2 Å². The maximum atomic E-state index is 5.84. The van der Waals surface area contributed by atoms with Crippen LogP contribution in [0.25, 0.3) is 0 Å². The molecule has 1 aromatic carbocycles. The van der Waals surface area contributed by atoms with Gasteiger partial charge in [-0.2, -0.15) is 23.5 Å². The summed E-state index contributed by atoms with van der Waals surface area (Å²) in [5, 5.41) is 0.963. The second kappa shape index (κ2) is 7.45. The molecule has 0 amide bonds. The van der Waals surface area contributed by atoms with Gasteiger partial charge in [0.2, 0.25) is 0 Å². The van der Waals surface area contributed by atoms with Crippen molar-refractivity contribution in [2.45, 2.75) is 23.5 Å². The Bertz CT molecular complexity index is 445. The average Bonchev–Trinajstić information content (AvgIpc) is 2.49. The average molecular weight is 314 g/mol. The largest absolute Gasteiger partial charge is 0.497 e. The van der Waals surface area contributed by atoms with Gasteiger partial charge in [0.25, 0.3) is 0 Å². The summed E-state index contributed by atoms with van der Waals surface area (Å²) in [6.07, 6.45) is 0. The number of hydrazine groups is 1. The number of ether oxygens (including phenoxy) is 2. The molecule has 0 spiro atoms. The van der Waals surface area contributed by atoms with Crippen molar-refractivity contribution in [3.63, 3.8) is 0 Å². The summed E-state index contributed by atoms with van der Waals surface area (Å²) in [6.45, 7) is 2.26. The van der Waals surface area contributed by atoms with Gasteiger partial charge in [0, 0.05) is 27.6 Å². The van der Waals surface area contributed by atoms with Crippen LogP contribution in [0.1, 0.15) is 18.5 Å². The van der Waals surface area contributed by atoms with Crippen molar-refractivity contribution >= 4 is 23.5 Å². The lowest BCUT2D eigenvalue weighted by Crippen LogP contribution is -2.41. The molecule has 3 atom stereocenters. The molecule has 1 aliphatic heterocycles. The quantitative estimate of drug-likeness (QED) is 0.643. The molecule has 20 heavy (non-hydrogen) atoms. The molecule has 1 fully saturated rings. The van der Waals surface area contributed by atoms with Gasteiger partial charge in [0.15, 0.2) is 0 Å². The molecule has 6 heteroatoms. The first-order chi connectivity index (χ1) is 9.71. The summed E-state index contributed by atoms with van der Waals surface area (Å²) in [6, 6.07) is 5.90. The summed E-state index contributed by atoms with van der Waals surface area (Å²) in [4.78, 5) is 0. The van der Waals surface area contributed by atoms with Gasteiger partial charge >= 0.3 is 0 Å². The summed E-state index contributed by atoms with van der Waals surface area (Å²) < 4.78 is 10.8. The predicted octanol–water partition coefficient (Wildman–Crippen LogP) is 2.45. The highest BCUT2D eigenvalue weighted by Crippen LogP contribution is 2.41. The Morgan fingerprint density at radius 3 is 2.60 bits per heavy atom. The molecular weight excluding hydrogens is 292 g/mol. The number of rotatable bonds is 5. The van der Waals surface area contributed by atoms with Gasteiger partial charge in [-0.1, -0.05) is 6.92 Å². The lowest BCUT2D eigenvalue weighted by atomic mass is 10.0. The second-order valence-electron chi connectivity index (χ2n) is 4.66. The van der Waals surface area contributed by atoms with Crippen molar-refractivity contribution in [2.75, 3.05) is 25.7 Å². The van der Waals surface area contributed by atoms with Crippen molar-refractivity contribution in [3.05, 3.63) is 23.8 Å². The summed E-state index contributed by atoms with van der Waals surface area (Å²) in [5.41, 5.74) is 4.03. The smallest absolute Gasteiger partial charge is 0.123 e. The van der Waals surface area contributed by atoms with Gasteiger partial charge in [0.05, 0.1) is 20.3 Å². The molecule has 1 saturated heterocycles. The van der Waals surface area contributed by atoms with Crippen LogP contribution in [0.5, 0.6) is 11.5 Å². The van der Waals surface area contributed by atoms with Gasteiger partial charge in [-0.05, 0) is 18.2 Å². The van der Waals surface area contributed by atoms with Gasteiger partial charge < -0.3 is 9.47 Å². The fourth-order valence-corrected chi connectivity index (χ4v) is 5.38. The zero-order chi connectivity index (χ0) is 14.5. The Balaban J connectivity index is 2.34. The summed E-state index contributed by atoms with van der Waals surface area (Å²) in [5.74, 6) is 9.87. The Kier molecular flexibility index (Phi) is 5.89. The molecule has 1 aliphatic rings. The minimum Gasteiger partial charge on any atom is -0.497 e. The number of nitrogens with two attached hydrogens (primary N) is 1. The van der Waals surface area contributed by atoms with Crippen LogP contribution in [0.3, 0.4) is 0 Å². The van der Waals surface area contributed by atoms with E-state index in [1.807, 2.05) is 41.7 Å². The third-order valence-electron chi connectivity index (χ3n) is 3.52. The first-order valence-electron chi connectivity index (χ1n) is 6.62. The van der Waals surface area contributed by atoms with Crippen LogP contribution in [0.15, 0.2) is 18.2 Å². The molecule has 0 saturated carbocycles. The van der Waals surface area contributed by atoms with E-state index in [0.717, 1.165) is 22.8 Å². The third kappa shape index (κ3) is 3.36. The molecule has 2 rings (SSSR count). The van der Waals surface area contributed by atoms with E-state index >= 15 is 0 Å². The highest BCUT2D eigenvalue weighted by atomic mass is 32.2. The van der Waals surface area contributed by atoms with Crippen LogP contribution in [-0.2, 0) is 0 Å². The fraction of sp³-hybridized carbons (Fsp3) is 0.571. The zero-order valence-corrected chi connectivity index (χ0v) is 13.7. The maximum absolute atomic E-state index is 5.84. The number of hydrogen-bond acceptors (Lipinski definition) is 6. The standard InChI is InChI=1S/C14H22N2O2S2/c1-9-14(20-7-6-19-9)13(16-15)11-8-10(17-2)4-5-12(11)18-3/h4-5,8-9,13-14,16H,6-7,15H2,1-3H3. The highest BCUT2D eigenvalue weighted by Gasteiger charge is 2.32. The van der Waals surface area contributed by atoms with Crippen molar-refractivity contribution < 1.29 is 9.47 Å². The Labute approximate surface area is 129 Å². The molecule has 1 heterocycles. The third-order valence-corrected chi connectivity index (χ3v) is 6.71. The lowest BCUT2D eigenvalue weighted by molar-refractivity contribution is 0.388. The topological polar surface area (TPSA) is 56.5 Å². The first kappa shape index (κ1) is 15.8. The first-order valence-corrected chi connectivity index (χ1v) is 8.72. The zero-order valence-electron chi connectivity index (χ0n) is 12.1. The lowest BCUT2D eigenvalue weighted by Gasteiger charge is -2.34. The maximum Gasteiger partial charge on any atom is 0.123 e. The molecular formula is C14H22N2O2S2. The van der Waals surface area contributed by atoms with Crippen molar-refractivity contribution in [3.8, 4) is 11.5 Å². The van der Waals surface area contributed by atoms with Crippen LogP contribution in [0.2, 0.25) is 0 Å². The van der Waals surface area contributed by atoms with E-state index in [2.05, 4.69) is 12.3 Å². The molecule has 0 radical (unpaired) electrons. The van der Waals surface area contributed by atoms with E-state index in [1.165, 1.54) is 5.75 Å². The fourth-order valence-electron chi connectivity index (χ4n) is 2.46. The van der Waals surface area contributed by atoms with Crippen LogP contribution < -0.4 is 20.7 Å². The number of nitrogens with one attached hydrogen (secondary N) is 1. The van der Waals surface area contributed by atoms with E-state index in [9.17, 15) is 0 Å². The molecule has 0 bridgehead atoms. The van der Waals surface area contributed by atoms with Gasteiger partial charge in [-0.25, -0.2) is 0 Å². The molecule has 3 N–H and O–H groups in total. The normalized spacial score (nSPS) is 24.2. The minimum atomic E-state index is 0.0489. The Hall–Kier alpha value is -0.560.